The lowest BCUT2D eigenvalue weighted by Crippen LogP contribution is -2.61. The van der Waals surface area contributed by atoms with Crippen LogP contribution in [0.2, 0.25) is 0 Å². The largest absolute Gasteiger partial charge is 0.454 e. The Bertz CT molecular complexity index is 3060. The molecule has 3 nitrogen and oxygen atoms in total. The van der Waals surface area contributed by atoms with E-state index in [-0.39, 0.29) is 28.4 Å². The highest BCUT2D eigenvalue weighted by Crippen LogP contribution is 2.55. The van der Waals surface area contributed by atoms with E-state index in [0.717, 1.165) is 27.6 Å². The van der Waals surface area contributed by atoms with Gasteiger partial charge in [-0.2, -0.15) is 0 Å². The van der Waals surface area contributed by atoms with Crippen LogP contribution in [0.4, 0.5) is 17.1 Å². The van der Waals surface area contributed by atoms with Crippen LogP contribution in [0, 0.1) is 0 Å². The third kappa shape index (κ3) is 4.56. The lowest BCUT2D eigenvalue weighted by atomic mass is 9.33. The van der Waals surface area contributed by atoms with Crippen LogP contribution in [0.15, 0.2) is 114 Å². The highest BCUT2D eigenvalue weighted by molar-refractivity contribution is 7.00. The Morgan fingerprint density at radius 3 is 1.95 bits per heavy atom. The first-order chi connectivity index (χ1) is 26.9. The first kappa shape index (κ1) is 34.7. The van der Waals surface area contributed by atoms with Gasteiger partial charge in [0.05, 0.1) is 11.4 Å². The molecule has 0 saturated heterocycles. The van der Waals surface area contributed by atoms with Crippen molar-refractivity contribution in [2.24, 2.45) is 0 Å². The van der Waals surface area contributed by atoms with Crippen molar-refractivity contribution >= 4 is 73.0 Å². The Balaban J connectivity index is 1.35. The zero-order valence-electron chi connectivity index (χ0n) is 35.3. The second-order valence-electron chi connectivity index (χ2n) is 20.7. The zero-order valence-corrected chi connectivity index (χ0v) is 35.3. The van der Waals surface area contributed by atoms with Crippen LogP contribution in [0.5, 0.6) is 0 Å². The van der Waals surface area contributed by atoms with Crippen molar-refractivity contribution in [3.8, 4) is 16.9 Å². The molecule has 0 spiro atoms. The smallest absolute Gasteiger partial charge is 0.252 e. The maximum Gasteiger partial charge on any atom is 0.252 e. The first-order valence-corrected chi connectivity index (χ1v) is 20.8. The van der Waals surface area contributed by atoms with E-state index in [0.29, 0.717) is 0 Å². The lowest BCUT2D eigenvalue weighted by molar-refractivity contribution is 0.589. The van der Waals surface area contributed by atoms with Crippen molar-refractivity contribution in [2.45, 2.75) is 97.8 Å². The van der Waals surface area contributed by atoms with Crippen LogP contribution in [-0.4, -0.2) is 11.3 Å². The van der Waals surface area contributed by atoms with Crippen LogP contribution in [0.1, 0.15) is 104 Å². The Labute approximate surface area is 337 Å². The summed E-state index contributed by atoms with van der Waals surface area (Å²) in [7, 11) is 0. The van der Waals surface area contributed by atoms with Gasteiger partial charge in [0.25, 0.3) is 6.71 Å². The van der Waals surface area contributed by atoms with E-state index >= 15 is 0 Å². The minimum absolute atomic E-state index is 0.0365. The summed E-state index contributed by atoms with van der Waals surface area (Å²) in [6.07, 6.45) is 0. The zero-order chi connectivity index (χ0) is 39.7. The Kier molecular flexibility index (Phi) is 6.66. The minimum Gasteiger partial charge on any atom is -0.454 e. The summed E-state index contributed by atoms with van der Waals surface area (Å²) in [5.74, 6) is 0. The summed E-state index contributed by atoms with van der Waals surface area (Å²) < 4.78 is 9.57. The molecule has 0 fully saturated rings. The van der Waals surface area contributed by atoms with E-state index in [1.807, 2.05) is 0 Å². The molecule has 3 aliphatic rings. The molecule has 1 aliphatic carbocycles. The van der Waals surface area contributed by atoms with Gasteiger partial charge in [-0.15, -0.1) is 0 Å². The molecule has 8 aromatic rings. The molecule has 2 aromatic heterocycles. The van der Waals surface area contributed by atoms with E-state index in [4.69, 9.17) is 4.42 Å². The van der Waals surface area contributed by atoms with Gasteiger partial charge < -0.3 is 13.9 Å². The highest BCUT2D eigenvalue weighted by Gasteiger charge is 2.48. The van der Waals surface area contributed by atoms with Gasteiger partial charge in [-0.3, -0.25) is 0 Å². The molecule has 4 heterocycles. The highest BCUT2D eigenvalue weighted by atomic mass is 16.3. The molecular weight excluding hydrogens is 691 g/mol. The molecule has 2 aliphatic heterocycles. The molecule has 0 radical (unpaired) electrons. The van der Waals surface area contributed by atoms with Gasteiger partial charge in [-0.05, 0) is 96.8 Å². The van der Waals surface area contributed by atoms with E-state index in [2.05, 4.69) is 195 Å². The second-order valence-corrected chi connectivity index (χ2v) is 20.7. The Morgan fingerprint density at radius 1 is 0.544 bits per heavy atom. The van der Waals surface area contributed by atoms with E-state index in [1.54, 1.807) is 0 Å². The van der Waals surface area contributed by atoms with Gasteiger partial charge in [-0.25, -0.2) is 0 Å². The fraction of sp³-hybridized carbons (Fsp3) is 0.283. The number of benzene rings is 6. The molecule has 0 N–H and O–H groups in total. The number of fused-ring (bicyclic) bond motifs is 12. The molecule has 0 atom stereocenters. The molecular formula is C53H51BN2O. The van der Waals surface area contributed by atoms with Gasteiger partial charge in [0.2, 0.25) is 0 Å². The quantitative estimate of drug-likeness (QED) is 0.156. The minimum atomic E-state index is -0.156. The molecule has 0 bridgehead atoms. The number of hydrogen-bond donors (Lipinski definition) is 0. The molecule has 57 heavy (non-hydrogen) atoms. The van der Waals surface area contributed by atoms with Crippen molar-refractivity contribution in [2.75, 3.05) is 4.90 Å². The summed E-state index contributed by atoms with van der Waals surface area (Å²) in [6, 6.07) is 41.8. The number of hydrogen-bond acceptors (Lipinski definition) is 2. The molecule has 0 saturated carbocycles. The summed E-state index contributed by atoms with van der Waals surface area (Å²) in [5, 5.41) is 3.68. The van der Waals surface area contributed by atoms with Gasteiger partial charge >= 0.3 is 0 Å². The van der Waals surface area contributed by atoms with Crippen LogP contribution in [0.3, 0.4) is 0 Å². The van der Waals surface area contributed by atoms with Crippen LogP contribution < -0.4 is 21.3 Å². The average molecular weight is 743 g/mol. The average Bonchev–Trinajstić information content (AvgIpc) is 3.79. The van der Waals surface area contributed by atoms with Gasteiger partial charge in [0, 0.05) is 49.7 Å². The second kappa shape index (κ2) is 10.9. The molecule has 6 aromatic carbocycles. The fourth-order valence-corrected chi connectivity index (χ4v) is 10.5. The number of para-hydroxylation sites is 2. The maximum atomic E-state index is 6.88. The molecule has 282 valence electrons. The van der Waals surface area contributed by atoms with Gasteiger partial charge in [-0.1, -0.05) is 149 Å². The number of anilines is 3. The Hall–Kier alpha value is -5.48. The maximum absolute atomic E-state index is 6.88. The number of nitrogens with zero attached hydrogens (tertiary/aromatic N) is 2. The number of furan rings is 1. The van der Waals surface area contributed by atoms with Crippen LogP contribution >= 0.6 is 0 Å². The van der Waals surface area contributed by atoms with E-state index in [9.17, 15) is 0 Å². The van der Waals surface area contributed by atoms with Gasteiger partial charge in [0.15, 0.2) is 5.58 Å². The predicted molar refractivity (Wildman–Crippen MR) is 244 cm³/mol. The van der Waals surface area contributed by atoms with Crippen LogP contribution in [-0.2, 0) is 21.7 Å². The third-order valence-corrected chi connectivity index (χ3v) is 13.6. The standard InChI is InChI=1S/C53H51BN2O/c1-50(2,3)30-23-24-38-41(27-30)55(40-21-16-19-34-33-17-13-15-22-44(33)57-49(34)40)42-28-32(52(7,8)9)29-43-46(42)54(38)39-26-31(51(4,5)6)25-36-45-48(56(43)47(36)39)35-18-12-14-20-37(35)53(45,10)11/h12-29H,1-11H3. The SMILES string of the molecule is CC(C)(C)c1ccc2c(c1)N(c1cccc3c1oc1ccccc13)c1cc(C(C)(C)C)cc3c1B2c1cc(C(C)(C)C)cc2c4c(n-3c12)-c1ccccc1C4(C)C. The van der Waals surface area contributed by atoms with E-state index in [1.165, 1.54) is 83.4 Å². The van der Waals surface area contributed by atoms with Crippen molar-refractivity contribution in [1.29, 1.82) is 0 Å². The lowest BCUT2D eigenvalue weighted by Gasteiger charge is -2.42. The summed E-state index contributed by atoms with van der Waals surface area (Å²) >= 11 is 0. The number of rotatable bonds is 1. The predicted octanol–water partition coefficient (Wildman–Crippen LogP) is 12.3. The summed E-state index contributed by atoms with van der Waals surface area (Å²) in [5.41, 5.74) is 21.4. The van der Waals surface area contributed by atoms with Crippen LogP contribution in [0.25, 0.3) is 49.8 Å². The topological polar surface area (TPSA) is 21.3 Å². The molecule has 0 unspecified atom stereocenters. The molecule has 11 rings (SSSR count). The van der Waals surface area contributed by atoms with Gasteiger partial charge in [0.1, 0.15) is 5.58 Å². The number of aromatic nitrogens is 1. The van der Waals surface area contributed by atoms with Crippen molar-refractivity contribution in [3.05, 3.63) is 137 Å². The molecule has 0 amide bonds. The first-order valence-electron chi connectivity index (χ1n) is 20.8. The normalized spacial score (nSPS) is 15.4. The van der Waals surface area contributed by atoms with Crippen molar-refractivity contribution < 1.29 is 4.42 Å². The summed E-state index contributed by atoms with van der Waals surface area (Å²) in [4.78, 5) is 2.57. The molecule has 4 heteroatoms. The van der Waals surface area contributed by atoms with E-state index < -0.39 is 0 Å². The fourth-order valence-electron chi connectivity index (χ4n) is 10.5. The third-order valence-electron chi connectivity index (χ3n) is 13.6. The van der Waals surface area contributed by atoms with Crippen molar-refractivity contribution in [1.82, 2.24) is 4.57 Å². The monoisotopic (exact) mass is 742 g/mol. The summed E-state index contributed by atoms with van der Waals surface area (Å²) in [6.45, 7) is 26.1. The Morgan fingerprint density at radius 2 is 1.19 bits per heavy atom. The van der Waals surface area contributed by atoms with Crippen molar-refractivity contribution in [3.63, 3.8) is 0 Å².